The third-order valence-corrected chi connectivity index (χ3v) is 4.07. The van der Waals surface area contributed by atoms with E-state index in [2.05, 4.69) is 14.9 Å². The maximum absolute atomic E-state index is 11.9. The second-order valence-corrected chi connectivity index (χ2v) is 6.34. The van der Waals surface area contributed by atoms with E-state index in [9.17, 15) is 8.42 Å². The number of aromatic nitrogens is 3. The first-order valence-electron chi connectivity index (χ1n) is 6.30. The summed E-state index contributed by atoms with van der Waals surface area (Å²) in [4.78, 5) is 0. The highest BCUT2D eigenvalue weighted by molar-refractivity contribution is 7.92. The Labute approximate surface area is 128 Å². The van der Waals surface area contributed by atoms with Crippen LogP contribution in [0.3, 0.4) is 0 Å². The third kappa shape index (κ3) is 4.66. The van der Waals surface area contributed by atoms with Crippen molar-refractivity contribution in [1.82, 2.24) is 19.5 Å². The van der Waals surface area contributed by atoms with Crippen LogP contribution in [0.5, 0.6) is 0 Å². The molecule has 0 spiro atoms. The second kappa shape index (κ2) is 6.84. The minimum absolute atomic E-state index is 0.0983. The van der Waals surface area contributed by atoms with Gasteiger partial charge >= 0.3 is 0 Å². The molecular weight excluding hydrogens is 312 g/mol. The molecule has 0 radical (unpaired) electrons. The molecular formula is C13H15ClN4O2S. The summed E-state index contributed by atoms with van der Waals surface area (Å²) in [5, 5.41) is 9.33. The average Bonchev–Trinajstić information content (AvgIpc) is 2.92. The van der Waals surface area contributed by atoms with Crippen molar-refractivity contribution in [2.45, 2.75) is 20.0 Å². The Morgan fingerprint density at radius 3 is 2.71 bits per heavy atom. The number of aryl methyl sites for hydroxylation is 1. The van der Waals surface area contributed by atoms with E-state index in [1.807, 2.05) is 6.92 Å². The largest absolute Gasteiger partial charge is 0.317 e. The van der Waals surface area contributed by atoms with Crippen LogP contribution in [0.25, 0.3) is 6.08 Å². The molecule has 0 bridgehead atoms. The van der Waals surface area contributed by atoms with Crippen LogP contribution in [-0.4, -0.2) is 23.2 Å². The molecule has 0 aliphatic carbocycles. The summed E-state index contributed by atoms with van der Waals surface area (Å²) in [6.07, 6.45) is 3.07. The SMILES string of the molecule is CCn1cnnc1CNS(=O)(=O)/C=C/c1ccc(Cl)cc1. The van der Waals surface area contributed by atoms with Gasteiger partial charge in [0.15, 0.2) is 0 Å². The van der Waals surface area contributed by atoms with Gasteiger partial charge in [0.2, 0.25) is 10.0 Å². The minimum atomic E-state index is -3.54. The van der Waals surface area contributed by atoms with Gasteiger partial charge in [-0.25, -0.2) is 13.1 Å². The number of nitrogens with zero attached hydrogens (tertiary/aromatic N) is 3. The summed E-state index contributed by atoms with van der Waals surface area (Å²) in [6, 6.07) is 6.88. The number of hydrogen-bond acceptors (Lipinski definition) is 4. The lowest BCUT2D eigenvalue weighted by Gasteiger charge is -2.04. The van der Waals surface area contributed by atoms with Gasteiger partial charge in [-0.1, -0.05) is 23.7 Å². The van der Waals surface area contributed by atoms with Crippen molar-refractivity contribution in [3.8, 4) is 0 Å². The van der Waals surface area contributed by atoms with E-state index in [1.54, 1.807) is 35.2 Å². The van der Waals surface area contributed by atoms with E-state index >= 15 is 0 Å². The van der Waals surface area contributed by atoms with Gasteiger partial charge in [0.25, 0.3) is 0 Å². The first-order valence-corrected chi connectivity index (χ1v) is 8.22. The van der Waals surface area contributed by atoms with Crippen molar-refractivity contribution < 1.29 is 8.42 Å². The van der Waals surface area contributed by atoms with Crippen LogP contribution in [0.2, 0.25) is 5.02 Å². The fourth-order valence-corrected chi connectivity index (χ4v) is 2.52. The van der Waals surface area contributed by atoms with Gasteiger partial charge in [-0.15, -0.1) is 10.2 Å². The zero-order valence-electron chi connectivity index (χ0n) is 11.4. The highest BCUT2D eigenvalue weighted by Crippen LogP contribution is 2.11. The smallest absolute Gasteiger partial charge is 0.234 e. The molecule has 0 atom stereocenters. The van der Waals surface area contributed by atoms with Crippen LogP contribution < -0.4 is 4.72 Å². The summed E-state index contributed by atoms with van der Waals surface area (Å²) in [5.74, 6) is 0.570. The van der Waals surface area contributed by atoms with E-state index in [4.69, 9.17) is 11.6 Å². The molecule has 1 aromatic heterocycles. The van der Waals surface area contributed by atoms with Crippen LogP contribution in [0.15, 0.2) is 36.0 Å². The van der Waals surface area contributed by atoms with E-state index in [0.29, 0.717) is 17.4 Å². The Balaban J connectivity index is 2.00. The summed E-state index contributed by atoms with van der Waals surface area (Å²) in [7, 11) is -3.54. The van der Waals surface area contributed by atoms with E-state index < -0.39 is 10.0 Å². The lowest BCUT2D eigenvalue weighted by Crippen LogP contribution is -2.22. The Morgan fingerprint density at radius 2 is 2.05 bits per heavy atom. The second-order valence-electron chi connectivity index (χ2n) is 4.25. The number of rotatable bonds is 6. The third-order valence-electron chi connectivity index (χ3n) is 2.78. The fraction of sp³-hybridized carbons (Fsp3) is 0.231. The molecule has 1 N–H and O–H groups in total. The highest BCUT2D eigenvalue weighted by atomic mass is 35.5. The Hall–Kier alpha value is -1.70. The molecule has 2 aromatic rings. The molecule has 1 aromatic carbocycles. The van der Waals surface area contributed by atoms with Crippen LogP contribution >= 0.6 is 11.6 Å². The maximum Gasteiger partial charge on any atom is 0.234 e. The average molecular weight is 327 g/mol. The number of halogens is 1. The molecule has 0 amide bonds. The lowest BCUT2D eigenvalue weighted by molar-refractivity contribution is 0.584. The van der Waals surface area contributed by atoms with Crippen molar-refractivity contribution in [2.24, 2.45) is 0 Å². The predicted molar refractivity (Wildman–Crippen MR) is 81.9 cm³/mol. The Kier molecular flexibility index (Phi) is 5.11. The van der Waals surface area contributed by atoms with Crippen molar-refractivity contribution in [3.63, 3.8) is 0 Å². The minimum Gasteiger partial charge on any atom is -0.317 e. The highest BCUT2D eigenvalue weighted by Gasteiger charge is 2.08. The van der Waals surface area contributed by atoms with Crippen LogP contribution in [0.1, 0.15) is 18.3 Å². The molecule has 0 unspecified atom stereocenters. The van der Waals surface area contributed by atoms with Crippen molar-refractivity contribution in [1.29, 1.82) is 0 Å². The van der Waals surface area contributed by atoms with Gasteiger partial charge in [-0.2, -0.15) is 0 Å². The summed E-state index contributed by atoms with van der Waals surface area (Å²) < 4.78 is 28.0. The molecule has 0 aliphatic rings. The molecule has 0 saturated heterocycles. The zero-order chi connectivity index (χ0) is 15.3. The topological polar surface area (TPSA) is 76.9 Å². The van der Waals surface area contributed by atoms with Crippen molar-refractivity contribution in [3.05, 3.63) is 52.4 Å². The van der Waals surface area contributed by atoms with E-state index in [1.165, 1.54) is 6.08 Å². The summed E-state index contributed by atoms with van der Waals surface area (Å²) in [5.41, 5.74) is 0.751. The molecule has 1 heterocycles. The van der Waals surface area contributed by atoms with Gasteiger partial charge in [0, 0.05) is 17.0 Å². The van der Waals surface area contributed by atoms with Gasteiger partial charge in [-0.05, 0) is 30.7 Å². The van der Waals surface area contributed by atoms with E-state index in [-0.39, 0.29) is 6.54 Å². The molecule has 0 saturated carbocycles. The first-order chi connectivity index (χ1) is 10.00. The quantitative estimate of drug-likeness (QED) is 0.881. The monoisotopic (exact) mass is 326 g/mol. The standard InChI is InChI=1S/C13H15ClN4O2S/c1-2-18-10-15-17-13(18)9-16-21(19,20)8-7-11-3-5-12(14)6-4-11/h3-8,10,16H,2,9H2,1H3/b8-7+. The normalized spacial score (nSPS) is 12.1. The van der Waals surface area contributed by atoms with Crippen molar-refractivity contribution in [2.75, 3.05) is 0 Å². The maximum atomic E-state index is 11.9. The van der Waals surface area contributed by atoms with E-state index in [0.717, 1.165) is 11.0 Å². The number of hydrogen-bond donors (Lipinski definition) is 1. The molecule has 8 heteroatoms. The zero-order valence-corrected chi connectivity index (χ0v) is 13.0. The molecule has 0 aliphatic heterocycles. The fourth-order valence-electron chi connectivity index (χ4n) is 1.64. The van der Waals surface area contributed by atoms with Crippen molar-refractivity contribution >= 4 is 27.7 Å². The van der Waals surface area contributed by atoms with Gasteiger partial charge in [-0.3, -0.25) is 0 Å². The summed E-state index contributed by atoms with van der Waals surface area (Å²) >= 11 is 5.77. The van der Waals surface area contributed by atoms with Gasteiger partial charge in [0.05, 0.1) is 6.54 Å². The number of sulfonamides is 1. The summed E-state index contributed by atoms with van der Waals surface area (Å²) in [6.45, 7) is 2.72. The van der Waals surface area contributed by atoms with Crippen LogP contribution in [0, 0.1) is 0 Å². The number of nitrogens with one attached hydrogen (secondary N) is 1. The number of benzene rings is 1. The van der Waals surface area contributed by atoms with Gasteiger partial charge < -0.3 is 4.57 Å². The Bertz CT molecular complexity index is 723. The first kappa shape index (κ1) is 15.7. The lowest BCUT2D eigenvalue weighted by atomic mass is 10.2. The van der Waals surface area contributed by atoms with Gasteiger partial charge in [0.1, 0.15) is 12.2 Å². The molecule has 21 heavy (non-hydrogen) atoms. The Morgan fingerprint density at radius 1 is 1.33 bits per heavy atom. The molecule has 112 valence electrons. The molecule has 6 nitrogen and oxygen atoms in total. The van der Waals surface area contributed by atoms with Crippen LogP contribution in [0.4, 0.5) is 0 Å². The van der Waals surface area contributed by atoms with Crippen LogP contribution in [-0.2, 0) is 23.1 Å². The molecule has 2 rings (SSSR count). The predicted octanol–water partition coefficient (Wildman–Crippen LogP) is 2.04. The molecule has 0 fully saturated rings.